The molecule has 34 heavy (non-hydrogen) atoms. The van der Waals surface area contributed by atoms with Gasteiger partial charge in [0.2, 0.25) is 0 Å². The van der Waals surface area contributed by atoms with E-state index in [0.29, 0.717) is 26.5 Å². The lowest BCUT2D eigenvalue weighted by Gasteiger charge is -2.37. The third-order valence-electron chi connectivity index (χ3n) is 5.44. The van der Waals surface area contributed by atoms with Crippen molar-refractivity contribution in [2.24, 2.45) is 0 Å². The van der Waals surface area contributed by atoms with Crippen LogP contribution in [-0.4, -0.2) is 48.6 Å². The zero-order chi connectivity index (χ0) is 24.1. The monoisotopic (exact) mass is 517 g/mol. The van der Waals surface area contributed by atoms with Crippen molar-refractivity contribution in [3.63, 3.8) is 0 Å². The average Bonchev–Trinajstić information content (AvgIpc) is 2.85. The summed E-state index contributed by atoms with van der Waals surface area (Å²) >= 11 is 18.1. The number of benzene rings is 3. The quantitative estimate of drug-likeness (QED) is 0.428. The van der Waals surface area contributed by atoms with Gasteiger partial charge >= 0.3 is 0 Å². The van der Waals surface area contributed by atoms with E-state index in [1.54, 1.807) is 48.5 Å². The molecule has 1 aliphatic heterocycles. The number of anilines is 2. The molecule has 3 aromatic rings. The summed E-state index contributed by atoms with van der Waals surface area (Å²) in [6, 6.07) is 18.8. The van der Waals surface area contributed by atoms with Gasteiger partial charge in [-0.25, -0.2) is 4.39 Å². The number of nitrogens with zero attached hydrogens (tertiary/aromatic N) is 2. The number of thiocarbonyl (C=S) groups is 1. The van der Waals surface area contributed by atoms with Crippen molar-refractivity contribution < 1.29 is 13.9 Å². The predicted molar refractivity (Wildman–Crippen MR) is 139 cm³/mol. The Morgan fingerprint density at radius 3 is 2.35 bits per heavy atom. The second-order valence-corrected chi connectivity index (χ2v) is 8.92. The Morgan fingerprint density at radius 1 is 0.971 bits per heavy atom. The molecule has 1 saturated heterocycles. The fraction of sp³-hybridized carbons (Fsp3) is 0.200. The number of hydrogen-bond acceptors (Lipinski definition) is 4. The third kappa shape index (κ3) is 5.97. The molecule has 0 radical (unpaired) electrons. The van der Waals surface area contributed by atoms with Crippen molar-refractivity contribution in [3.05, 3.63) is 88.2 Å². The molecule has 176 valence electrons. The summed E-state index contributed by atoms with van der Waals surface area (Å²) in [5.41, 5.74) is 2.32. The first-order valence-corrected chi connectivity index (χ1v) is 11.8. The van der Waals surface area contributed by atoms with Crippen LogP contribution in [0, 0.1) is 5.82 Å². The van der Waals surface area contributed by atoms with E-state index in [0.717, 1.165) is 37.4 Å². The Balaban J connectivity index is 1.31. The van der Waals surface area contributed by atoms with Crippen LogP contribution in [0.1, 0.15) is 5.56 Å². The summed E-state index contributed by atoms with van der Waals surface area (Å²) in [5, 5.41) is 3.52. The maximum absolute atomic E-state index is 13.2. The fourth-order valence-electron chi connectivity index (χ4n) is 3.65. The standard InChI is InChI=1S/C25H22Cl2FN3O2S/c26-20-3-1-2-4-22(20)29-24(32)16-33-23-10-5-17(15-21(23)27)25(34)31-13-11-30(12-14-31)19-8-6-18(28)7-9-19/h1-10,15H,11-14,16H2,(H,29,32). The van der Waals surface area contributed by atoms with Crippen molar-refractivity contribution >= 4 is 57.7 Å². The highest BCUT2D eigenvalue weighted by Crippen LogP contribution is 2.27. The fourth-order valence-corrected chi connectivity index (χ4v) is 4.37. The minimum absolute atomic E-state index is 0.208. The predicted octanol–water partition coefficient (Wildman–Crippen LogP) is 5.65. The average molecular weight is 518 g/mol. The van der Waals surface area contributed by atoms with E-state index in [4.69, 9.17) is 40.2 Å². The molecule has 4 rings (SSSR count). The van der Waals surface area contributed by atoms with Crippen LogP contribution in [0.25, 0.3) is 0 Å². The number of piperazine rings is 1. The van der Waals surface area contributed by atoms with Crippen molar-refractivity contribution in [1.82, 2.24) is 4.90 Å². The number of nitrogens with one attached hydrogen (secondary N) is 1. The first-order chi connectivity index (χ1) is 16.4. The van der Waals surface area contributed by atoms with Crippen molar-refractivity contribution in [2.45, 2.75) is 0 Å². The van der Waals surface area contributed by atoms with Crippen LogP contribution in [0.15, 0.2) is 66.7 Å². The van der Waals surface area contributed by atoms with Gasteiger partial charge in [0, 0.05) is 37.4 Å². The van der Waals surface area contributed by atoms with Gasteiger partial charge in [-0.15, -0.1) is 0 Å². The number of halogens is 3. The van der Waals surface area contributed by atoms with E-state index >= 15 is 0 Å². The highest BCUT2D eigenvalue weighted by Gasteiger charge is 2.21. The molecule has 1 fully saturated rings. The minimum atomic E-state index is -0.345. The van der Waals surface area contributed by atoms with Gasteiger partial charge in [-0.1, -0.05) is 47.6 Å². The Hall–Kier alpha value is -2.87. The number of para-hydroxylation sites is 1. The zero-order valence-electron chi connectivity index (χ0n) is 18.1. The highest BCUT2D eigenvalue weighted by atomic mass is 35.5. The molecule has 1 amide bonds. The molecule has 0 atom stereocenters. The molecule has 1 heterocycles. The lowest BCUT2D eigenvalue weighted by Crippen LogP contribution is -2.48. The van der Waals surface area contributed by atoms with Crippen molar-refractivity contribution in [1.29, 1.82) is 0 Å². The minimum Gasteiger partial charge on any atom is -0.482 e. The molecule has 0 saturated carbocycles. The van der Waals surface area contributed by atoms with Gasteiger partial charge in [-0.05, 0) is 54.6 Å². The summed E-state index contributed by atoms with van der Waals surface area (Å²) in [6.45, 7) is 2.84. The molecule has 5 nitrogen and oxygen atoms in total. The van der Waals surface area contributed by atoms with Crippen LogP contribution < -0.4 is 15.0 Å². The highest BCUT2D eigenvalue weighted by molar-refractivity contribution is 7.80. The smallest absolute Gasteiger partial charge is 0.262 e. The molecule has 0 aromatic heterocycles. The van der Waals surface area contributed by atoms with Crippen LogP contribution in [0.3, 0.4) is 0 Å². The summed E-state index contributed by atoms with van der Waals surface area (Å²) < 4.78 is 18.8. The second kappa shape index (κ2) is 11.0. The lowest BCUT2D eigenvalue weighted by atomic mass is 10.1. The zero-order valence-corrected chi connectivity index (χ0v) is 20.5. The van der Waals surface area contributed by atoms with Crippen LogP contribution >= 0.6 is 35.4 Å². The van der Waals surface area contributed by atoms with Gasteiger partial charge in [0.25, 0.3) is 5.91 Å². The Kier molecular flexibility index (Phi) is 7.88. The maximum atomic E-state index is 13.2. The van der Waals surface area contributed by atoms with Gasteiger partial charge in [0.15, 0.2) is 6.61 Å². The molecule has 1 aliphatic rings. The molecule has 1 N–H and O–H groups in total. The molecule has 3 aromatic carbocycles. The van der Waals surface area contributed by atoms with Gasteiger partial charge in [-0.2, -0.15) is 0 Å². The third-order valence-corrected chi connectivity index (χ3v) is 6.56. The van der Waals surface area contributed by atoms with Crippen LogP contribution in [0.4, 0.5) is 15.8 Å². The molecule has 0 spiro atoms. The first kappa shape index (κ1) is 24.3. The normalized spacial score (nSPS) is 13.5. The van der Waals surface area contributed by atoms with Crippen LogP contribution in [0.5, 0.6) is 5.75 Å². The molecular weight excluding hydrogens is 496 g/mol. The Labute approximate surface area is 213 Å². The Bertz CT molecular complexity index is 1190. The van der Waals surface area contributed by atoms with Crippen molar-refractivity contribution in [3.8, 4) is 5.75 Å². The van der Waals surface area contributed by atoms with E-state index < -0.39 is 0 Å². The largest absolute Gasteiger partial charge is 0.482 e. The summed E-state index contributed by atoms with van der Waals surface area (Å²) in [6.07, 6.45) is 0. The van der Waals surface area contributed by atoms with Crippen molar-refractivity contribution in [2.75, 3.05) is 43.0 Å². The number of amides is 1. The second-order valence-electron chi connectivity index (χ2n) is 7.72. The Morgan fingerprint density at radius 2 is 1.68 bits per heavy atom. The topological polar surface area (TPSA) is 44.8 Å². The molecule has 0 aliphatic carbocycles. The van der Waals surface area contributed by atoms with Gasteiger partial charge in [0.1, 0.15) is 16.6 Å². The summed E-state index contributed by atoms with van der Waals surface area (Å²) in [7, 11) is 0. The SMILES string of the molecule is O=C(COc1ccc(C(=S)N2CCN(c3ccc(F)cc3)CC2)cc1Cl)Nc1ccccc1Cl. The molecule has 9 heteroatoms. The van der Waals surface area contributed by atoms with E-state index in [9.17, 15) is 9.18 Å². The number of carbonyl (C=O) groups excluding carboxylic acids is 1. The van der Waals surface area contributed by atoms with E-state index in [1.165, 1.54) is 12.1 Å². The van der Waals surface area contributed by atoms with Gasteiger partial charge in [0.05, 0.1) is 15.7 Å². The lowest BCUT2D eigenvalue weighted by molar-refractivity contribution is -0.118. The number of ether oxygens (including phenoxy) is 1. The van der Waals surface area contributed by atoms with Gasteiger partial charge in [-0.3, -0.25) is 4.79 Å². The van der Waals surface area contributed by atoms with Gasteiger partial charge < -0.3 is 19.9 Å². The number of carbonyl (C=O) groups is 1. The maximum Gasteiger partial charge on any atom is 0.262 e. The van der Waals surface area contributed by atoms with Crippen LogP contribution in [0.2, 0.25) is 10.0 Å². The summed E-state index contributed by atoms with van der Waals surface area (Å²) in [4.78, 5) is 17.2. The molecule has 0 unspecified atom stereocenters. The number of hydrogen-bond donors (Lipinski definition) is 1. The molecule has 0 bridgehead atoms. The number of rotatable bonds is 6. The van der Waals surface area contributed by atoms with E-state index in [2.05, 4.69) is 15.1 Å². The summed E-state index contributed by atoms with van der Waals surface area (Å²) in [5.74, 6) is -0.194. The molecular formula is C25H22Cl2FN3O2S. The first-order valence-electron chi connectivity index (χ1n) is 10.7. The van der Waals surface area contributed by atoms with E-state index in [-0.39, 0.29) is 18.3 Å². The van der Waals surface area contributed by atoms with Crippen LogP contribution in [-0.2, 0) is 4.79 Å². The van der Waals surface area contributed by atoms with E-state index in [1.807, 2.05) is 6.07 Å².